The molecular formula is C22H16N4O. The fourth-order valence-electron chi connectivity index (χ4n) is 2.97. The molecule has 0 aliphatic heterocycles. The maximum absolute atomic E-state index is 12.5. The molecule has 4 aromatic rings. The molecule has 1 aromatic carbocycles. The summed E-state index contributed by atoms with van der Waals surface area (Å²) in [5.74, 6) is -0.139. The van der Waals surface area contributed by atoms with E-state index in [4.69, 9.17) is 5.26 Å². The first-order chi connectivity index (χ1) is 13.2. The Morgan fingerprint density at radius 2 is 1.89 bits per heavy atom. The number of amides is 1. The van der Waals surface area contributed by atoms with Gasteiger partial charge in [0, 0.05) is 30.7 Å². The van der Waals surface area contributed by atoms with E-state index in [1.54, 1.807) is 24.5 Å². The standard InChI is InChI=1S/C22H16N4O/c23-12-16-3-5-18(6-4-16)21-10-9-20-8-7-19(15-26(20)21)22(27)25-14-17-2-1-11-24-13-17/h1-11,13,15H,14H2,(H,25,27). The Kier molecular flexibility index (Phi) is 4.38. The van der Waals surface area contributed by atoms with Crippen LogP contribution in [-0.2, 0) is 6.54 Å². The van der Waals surface area contributed by atoms with Crippen molar-refractivity contribution in [3.8, 4) is 17.3 Å². The summed E-state index contributed by atoms with van der Waals surface area (Å²) in [7, 11) is 0. The minimum Gasteiger partial charge on any atom is -0.348 e. The molecule has 3 heterocycles. The van der Waals surface area contributed by atoms with Gasteiger partial charge in [-0.15, -0.1) is 0 Å². The number of fused-ring (bicyclic) bond motifs is 1. The number of nitrogens with zero attached hydrogens (tertiary/aromatic N) is 3. The van der Waals surface area contributed by atoms with E-state index in [1.807, 2.05) is 59.1 Å². The fourth-order valence-corrected chi connectivity index (χ4v) is 2.97. The van der Waals surface area contributed by atoms with E-state index in [1.165, 1.54) is 0 Å². The van der Waals surface area contributed by atoms with Crippen LogP contribution in [0.5, 0.6) is 0 Å². The fraction of sp³-hybridized carbons (Fsp3) is 0.0455. The SMILES string of the molecule is N#Cc1ccc(-c2ccc3ccc(C(=O)NCc4cccnc4)cn23)cc1. The van der Waals surface area contributed by atoms with Gasteiger partial charge in [0.25, 0.3) is 5.91 Å². The van der Waals surface area contributed by atoms with Crippen LogP contribution in [0, 0.1) is 11.3 Å². The van der Waals surface area contributed by atoms with Crippen molar-refractivity contribution in [2.24, 2.45) is 0 Å². The van der Waals surface area contributed by atoms with Crippen LogP contribution in [0.15, 0.2) is 79.3 Å². The molecule has 5 heteroatoms. The number of pyridine rings is 2. The highest BCUT2D eigenvalue weighted by molar-refractivity contribution is 5.94. The van der Waals surface area contributed by atoms with Crippen molar-refractivity contribution in [1.29, 1.82) is 5.26 Å². The molecular weight excluding hydrogens is 336 g/mol. The average molecular weight is 352 g/mol. The predicted octanol–water partition coefficient (Wildman–Crippen LogP) is 3.80. The Morgan fingerprint density at radius 3 is 2.63 bits per heavy atom. The van der Waals surface area contributed by atoms with Gasteiger partial charge in [-0.1, -0.05) is 18.2 Å². The summed E-state index contributed by atoms with van der Waals surface area (Å²) in [5.41, 5.74) is 5.11. The van der Waals surface area contributed by atoms with Gasteiger partial charge in [0.05, 0.1) is 22.9 Å². The third kappa shape index (κ3) is 3.42. The van der Waals surface area contributed by atoms with Crippen LogP contribution in [0.25, 0.3) is 16.8 Å². The van der Waals surface area contributed by atoms with E-state index >= 15 is 0 Å². The number of hydrogen-bond acceptors (Lipinski definition) is 3. The number of nitriles is 1. The van der Waals surface area contributed by atoms with E-state index in [0.717, 1.165) is 22.3 Å². The smallest absolute Gasteiger partial charge is 0.253 e. The summed E-state index contributed by atoms with van der Waals surface area (Å²) in [5, 5.41) is 11.9. The molecule has 0 atom stereocenters. The topological polar surface area (TPSA) is 70.2 Å². The molecule has 27 heavy (non-hydrogen) atoms. The van der Waals surface area contributed by atoms with E-state index in [0.29, 0.717) is 17.7 Å². The molecule has 1 amide bonds. The van der Waals surface area contributed by atoms with Crippen LogP contribution in [-0.4, -0.2) is 15.3 Å². The molecule has 0 bridgehead atoms. The number of hydrogen-bond donors (Lipinski definition) is 1. The van der Waals surface area contributed by atoms with Crippen molar-refractivity contribution in [2.75, 3.05) is 0 Å². The van der Waals surface area contributed by atoms with Crippen LogP contribution >= 0.6 is 0 Å². The Morgan fingerprint density at radius 1 is 1.07 bits per heavy atom. The lowest BCUT2D eigenvalue weighted by Gasteiger charge is -2.08. The maximum atomic E-state index is 12.5. The van der Waals surface area contributed by atoms with E-state index in [9.17, 15) is 4.79 Å². The van der Waals surface area contributed by atoms with E-state index in [-0.39, 0.29) is 5.91 Å². The van der Waals surface area contributed by atoms with Crippen LogP contribution in [0.4, 0.5) is 0 Å². The molecule has 0 aliphatic rings. The second-order valence-corrected chi connectivity index (χ2v) is 6.16. The number of carbonyl (C=O) groups is 1. The second-order valence-electron chi connectivity index (χ2n) is 6.16. The zero-order valence-electron chi connectivity index (χ0n) is 14.5. The zero-order valence-corrected chi connectivity index (χ0v) is 14.5. The maximum Gasteiger partial charge on any atom is 0.253 e. The van der Waals surface area contributed by atoms with Crippen molar-refractivity contribution in [3.63, 3.8) is 0 Å². The van der Waals surface area contributed by atoms with Crippen LogP contribution in [0.2, 0.25) is 0 Å². The molecule has 0 spiro atoms. The third-order valence-corrected chi connectivity index (χ3v) is 4.40. The van der Waals surface area contributed by atoms with Crippen LogP contribution in [0.3, 0.4) is 0 Å². The molecule has 130 valence electrons. The molecule has 0 aliphatic carbocycles. The van der Waals surface area contributed by atoms with E-state index < -0.39 is 0 Å². The van der Waals surface area contributed by atoms with Crippen molar-refractivity contribution in [3.05, 3.63) is 95.9 Å². The Balaban J connectivity index is 1.61. The summed E-state index contributed by atoms with van der Waals surface area (Å²) in [4.78, 5) is 16.6. The summed E-state index contributed by atoms with van der Waals surface area (Å²) in [6.45, 7) is 0.429. The van der Waals surface area contributed by atoms with Crippen molar-refractivity contribution < 1.29 is 4.79 Å². The van der Waals surface area contributed by atoms with Crippen LogP contribution in [0.1, 0.15) is 21.5 Å². The average Bonchev–Trinajstić information content (AvgIpc) is 3.16. The first-order valence-corrected chi connectivity index (χ1v) is 8.53. The van der Waals surface area contributed by atoms with Crippen molar-refractivity contribution in [1.82, 2.24) is 14.7 Å². The van der Waals surface area contributed by atoms with Gasteiger partial charge in [0.15, 0.2) is 0 Å². The zero-order chi connectivity index (χ0) is 18.6. The molecule has 0 saturated carbocycles. The van der Waals surface area contributed by atoms with Crippen molar-refractivity contribution in [2.45, 2.75) is 6.54 Å². The highest BCUT2D eigenvalue weighted by Gasteiger charge is 2.10. The molecule has 4 rings (SSSR count). The Bertz CT molecular complexity index is 1140. The summed E-state index contributed by atoms with van der Waals surface area (Å²) in [6.07, 6.45) is 5.27. The largest absolute Gasteiger partial charge is 0.348 e. The van der Waals surface area contributed by atoms with Gasteiger partial charge in [-0.3, -0.25) is 9.78 Å². The van der Waals surface area contributed by atoms with E-state index in [2.05, 4.69) is 16.4 Å². The minimum absolute atomic E-state index is 0.139. The number of benzene rings is 1. The quantitative estimate of drug-likeness (QED) is 0.607. The van der Waals surface area contributed by atoms with Gasteiger partial charge in [0.1, 0.15) is 0 Å². The summed E-state index contributed by atoms with van der Waals surface area (Å²) < 4.78 is 1.99. The van der Waals surface area contributed by atoms with Crippen molar-refractivity contribution >= 4 is 11.4 Å². The Labute approximate surface area is 156 Å². The summed E-state index contributed by atoms with van der Waals surface area (Å²) >= 11 is 0. The molecule has 0 unspecified atom stereocenters. The first-order valence-electron chi connectivity index (χ1n) is 8.53. The lowest BCUT2D eigenvalue weighted by atomic mass is 10.1. The number of nitrogens with one attached hydrogen (secondary N) is 1. The molecule has 0 radical (unpaired) electrons. The second kappa shape index (κ2) is 7.14. The molecule has 3 aromatic heterocycles. The predicted molar refractivity (Wildman–Crippen MR) is 103 cm³/mol. The van der Waals surface area contributed by atoms with Gasteiger partial charge in [-0.05, 0) is 53.6 Å². The first kappa shape index (κ1) is 16.6. The third-order valence-electron chi connectivity index (χ3n) is 4.40. The number of rotatable bonds is 4. The monoisotopic (exact) mass is 352 g/mol. The molecule has 1 N–H and O–H groups in total. The normalized spacial score (nSPS) is 10.5. The van der Waals surface area contributed by atoms with Gasteiger partial charge >= 0.3 is 0 Å². The number of aromatic nitrogens is 2. The summed E-state index contributed by atoms with van der Waals surface area (Å²) in [6, 6.07) is 21.0. The highest BCUT2D eigenvalue weighted by Crippen LogP contribution is 2.23. The lowest BCUT2D eigenvalue weighted by Crippen LogP contribution is -2.23. The lowest BCUT2D eigenvalue weighted by molar-refractivity contribution is 0.0950. The number of carbonyl (C=O) groups excluding carboxylic acids is 1. The highest BCUT2D eigenvalue weighted by atomic mass is 16.1. The van der Waals surface area contributed by atoms with Gasteiger partial charge in [0.2, 0.25) is 0 Å². The van der Waals surface area contributed by atoms with Gasteiger partial charge < -0.3 is 9.72 Å². The van der Waals surface area contributed by atoms with Gasteiger partial charge in [-0.2, -0.15) is 5.26 Å². The Hall–Kier alpha value is -3.91. The molecule has 5 nitrogen and oxygen atoms in total. The van der Waals surface area contributed by atoms with Crippen LogP contribution < -0.4 is 5.32 Å². The van der Waals surface area contributed by atoms with Gasteiger partial charge in [-0.25, -0.2) is 0 Å². The minimum atomic E-state index is -0.139. The molecule has 0 fully saturated rings. The molecule has 0 saturated heterocycles.